The summed E-state index contributed by atoms with van der Waals surface area (Å²) in [5.74, 6) is 0. The number of hydrogen-bond acceptors (Lipinski definition) is 3. The van der Waals surface area contributed by atoms with E-state index < -0.39 is 0 Å². The number of aryl methyl sites for hydroxylation is 1. The number of rotatable bonds is 5. The van der Waals surface area contributed by atoms with Crippen molar-refractivity contribution >= 4 is 37.5 Å². The Morgan fingerprint density at radius 3 is 3.00 bits per heavy atom. The zero-order chi connectivity index (χ0) is 11.4. The average molecular weight is 300 g/mol. The lowest BCUT2D eigenvalue weighted by Crippen LogP contribution is -2.07. The number of benzene rings is 1. The number of fused-ring (bicyclic) bond motifs is 1. The third-order valence-corrected chi connectivity index (χ3v) is 4.18. The van der Waals surface area contributed by atoms with Gasteiger partial charge in [-0.3, -0.25) is 0 Å². The number of thiazole rings is 1. The Labute approximate surface area is 108 Å². The van der Waals surface area contributed by atoms with Crippen LogP contribution in [0, 0.1) is 0 Å². The molecule has 86 valence electrons. The van der Waals surface area contributed by atoms with Gasteiger partial charge in [0.15, 0.2) is 0 Å². The zero-order valence-corrected chi connectivity index (χ0v) is 11.6. The Morgan fingerprint density at radius 2 is 2.25 bits per heavy atom. The van der Waals surface area contributed by atoms with Gasteiger partial charge in [-0.15, -0.1) is 11.3 Å². The standard InChI is InChI=1S/C12H14BrNOS/c1-15-8-9(13)6-7-12-14-10-4-2-3-5-11(10)16-12/h2-5,9H,6-8H2,1H3. The summed E-state index contributed by atoms with van der Waals surface area (Å²) in [6.45, 7) is 0.755. The van der Waals surface area contributed by atoms with E-state index in [2.05, 4.69) is 39.1 Å². The predicted octanol–water partition coefficient (Wildman–Crippen LogP) is 3.64. The molecule has 2 nitrogen and oxygen atoms in total. The average Bonchev–Trinajstić information content (AvgIpc) is 2.69. The molecule has 0 saturated heterocycles. The summed E-state index contributed by atoms with van der Waals surface area (Å²) in [5, 5.41) is 1.21. The molecule has 16 heavy (non-hydrogen) atoms. The largest absolute Gasteiger partial charge is 0.384 e. The molecule has 0 aliphatic rings. The molecule has 0 radical (unpaired) electrons. The normalized spacial score (nSPS) is 13.1. The highest BCUT2D eigenvalue weighted by Gasteiger charge is 2.07. The van der Waals surface area contributed by atoms with Crippen LogP contribution >= 0.6 is 27.3 Å². The van der Waals surface area contributed by atoms with Crippen LogP contribution in [0.25, 0.3) is 10.2 Å². The summed E-state index contributed by atoms with van der Waals surface area (Å²) in [6, 6.07) is 8.28. The van der Waals surface area contributed by atoms with Crippen LogP contribution in [0.2, 0.25) is 0 Å². The number of methoxy groups -OCH3 is 1. The van der Waals surface area contributed by atoms with Crippen LogP contribution in [0.15, 0.2) is 24.3 Å². The maximum absolute atomic E-state index is 5.09. The van der Waals surface area contributed by atoms with Crippen LogP contribution in [-0.2, 0) is 11.2 Å². The minimum Gasteiger partial charge on any atom is -0.384 e. The molecular weight excluding hydrogens is 286 g/mol. The van der Waals surface area contributed by atoms with Gasteiger partial charge in [0.05, 0.1) is 21.8 Å². The highest BCUT2D eigenvalue weighted by Crippen LogP contribution is 2.23. The number of ether oxygens (including phenoxy) is 1. The highest BCUT2D eigenvalue weighted by molar-refractivity contribution is 9.09. The molecule has 0 spiro atoms. The van der Waals surface area contributed by atoms with Crippen LogP contribution in [-0.4, -0.2) is 23.5 Å². The molecule has 1 aromatic heterocycles. The fourth-order valence-electron chi connectivity index (χ4n) is 1.57. The molecule has 2 rings (SSSR count). The van der Waals surface area contributed by atoms with Gasteiger partial charge in [0, 0.05) is 18.4 Å². The molecule has 0 saturated carbocycles. The van der Waals surface area contributed by atoms with Crippen molar-refractivity contribution in [1.82, 2.24) is 4.98 Å². The molecular formula is C12H14BrNOS. The maximum Gasteiger partial charge on any atom is 0.0939 e. The van der Waals surface area contributed by atoms with Crippen molar-refractivity contribution in [3.63, 3.8) is 0 Å². The summed E-state index contributed by atoms with van der Waals surface area (Å²) in [4.78, 5) is 5.02. The Kier molecular flexibility index (Phi) is 4.32. The first-order valence-electron chi connectivity index (χ1n) is 5.27. The first-order chi connectivity index (χ1) is 7.79. The zero-order valence-electron chi connectivity index (χ0n) is 9.15. The van der Waals surface area contributed by atoms with Crippen LogP contribution < -0.4 is 0 Å². The van der Waals surface area contributed by atoms with Crippen LogP contribution in [0.1, 0.15) is 11.4 Å². The number of nitrogens with zero attached hydrogens (tertiary/aromatic N) is 1. The van der Waals surface area contributed by atoms with Crippen LogP contribution in [0.5, 0.6) is 0 Å². The van der Waals surface area contributed by atoms with Crippen molar-refractivity contribution in [2.45, 2.75) is 17.7 Å². The molecule has 1 aromatic carbocycles. The summed E-state index contributed by atoms with van der Waals surface area (Å²) in [6.07, 6.45) is 2.08. The molecule has 2 aromatic rings. The molecule has 1 unspecified atom stereocenters. The first kappa shape index (κ1) is 12.0. The van der Waals surface area contributed by atoms with E-state index in [-0.39, 0.29) is 0 Å². The van der Waals surface area contributed by atoms with E-state index in [1.54, 1.807) is 18.4 Å². The summed E-state index contributed by atoms with van der Waals surface area (Å²) < 4.78 is 6.36. The van der Waals surface area contributed by atoms with Crippen molar-refractivity contribution in [3.8, 4) is 0 Å². The second-order valence-corrected chi connectivity index (χ2v) is 6.08. The fourth-order valence-corrected chi connectivity index (χ4v) is 3.05. The minimum absolute atomic E-state index is 0.421. The van der Waals surface area contributed by atoms with E-state index in [4.69, 9.17) is 4.74 Å². The third kappa shape index (κ3) is 3.03. The Bertz CT molecular complexity index is 424. The van der Waals surface area contributed by atoms with Crippen LogP contribution in [0.4, 0.5) is 0 Å². The molecule has 4 heteroatoms. The van der Waals surface area contributed by atoms with Crippen molar-refractivity contribution in [3.05, 3.63) is 29.3 Å². The number of halogens is 1. The predicted molar refractivity (Wildman–Crippen MR) is 72.5 cm³/mol. The number of alkyl halides is 1. The number of aromatic nitrogens is 1. The van der Waals surface area contributed by atoms with Gasteiger partial charge >= 0.3 is 0 Å². The molecule has 0 amide bonds. The van der Waals surface area contributed by atoms with E-state index in [0.717, 1.165) is 25.0 Å². The van der Waals surface area contributed by atoms with Crippen molar-refractivity contribution in [1.29, 1.82) is 0 Å². The summed E-state index contributed by atoms with van der Waals surface area (Å²) >= 11 is 5.38. The summed E-state index contributed by atoms with van der Waals surface area (Å²) in [5.41, 5.74) is 1.11. The lowest BCUT2D eigenvalue weighted by molar-refractivity contribution is 0.198. The van der Waals surface area contributed by atoms with E-state index >= 15 is 0 Å². The van der Waals surface area contributed by atoms with Crippen molar-refractivity contribution in [2.24, 2.45) is 0 Å². The second-order valence-electron chi connectivity index (χ2n) is 3.67. The molecule has 0 aliphatic carbocycles. The Morgan fingerprint density at radius 1 is 1.44 bits per heavy atom. The highest BCUT2D eigenvalue weighted by atomic mass is 79.9. The molecule has 0 fully saturated rings. The summed E-state index contributed by atoms with van der Waals surface area (Å²) in [7, 11) is 1.73. The van der Waals surface area contributed by atoms with Crippen LogP contribution in [0.3, 0.4) is 0 Å². The van der Waals surface area contributed by atoms with E-state index in [1.165, 1.54) is 9.71 Å². The van der Waals surface area contributed by atoms with Gasteiger partial charge in [0.2, 0.25) is 0 Å². The third-order valence-electron chi connectivity index (χ3n) is 2.36. The van der Waals surface area contributed by atoms with Crippen molar-refractivity contribution in [2.75, 3.05) is 13.7 Å². The Balaban J connectivity index is 1.99. The lowest BCUT2D eigenvalue weighted by Gasteiger charge is -2.05. The number of hydrogen-bond donors (Lipinski definition) is 0. The molecule has 0 N–H and O–H groups in total. The number of para-hydroxylation sites is 1. The van der Waals surface area contributed by atoms with E-state index in [0.29, 0.717) is 4.83 Å². The van der Waals surface area contributed by atoms with Crippen molar-refractivity contribution < 1.29 is 4.74 Å². The van der Waals surface area contributed by atoms with E-state index in [9.17, 15) is 0 Å². The topological polar surface area (TPSA) is 22.1 Å². The van der Waals surface area contributed by atoms with Gasteiger partial charge in [-0.25, -0.2) is 4.98 Å². The maximum atomic E-state index is 5.09. The van der Waals surface area contributed by atoms with Gasteiger partial charge in [0.25, 0.3) is 0 Å². The minimum atomic E-state index is 0.421. The van der Waals surface area contributed by atoms with E-state index in [1.807, 2.05) is 6.07 Å². The van der Waals surface area contributed by atoms with Gasteiger partial charge in [-0.1, -0.05) is 28.1 Å². The molecule has 0 bridgehead atoms. The van der Waals surface area contributed by atoms with Gasteiger partial charge in [-0.2, -0.15) is 0 Å². The molecule has 0 aliphatic heterocycles. The quantitative estimate of drug-likeness (QED) is 0.787. The SMILES string of the molecule is COCC(Br)CCc1nc2ccccc2s1. The second kappa shape index (κ2) is 5.75. The smallest absolute Gasteiger partial charge is 0.0939 e. The Hall–Kier alpha value is -0.450. The molecule has 1 atom stereocenters. The lowest BCUT2D eigenvalue weighted by atomic mass is 10.2. The molecule has 1 heterocycles. The first-order valence-corrected chi connectivity index (χ1v) is 7.00. The van der Waals surface area contributed by atoms with Gasteiger partial charge < -0.3 is 4.74 Å². The fraction of sp³-hybridized carbons (Fsp3) is 0.417. The van der Waals surface area contributed by atoms with Gasteiger partial charge in [0.1, 0.15) is 0 Å². The monoisotopic (exact) mass is 299 g/mol. The van der Waals surface area contributed by atoms with Gasteiger partial charge in [-0.05, 0) is 18.6 Å².